The monoisotopic (exact) mass is 421 g/mol. The van der Waals surface area contributed by atoms with E-state index in [1.807, 2.05) is 31.2 Å². The van der Waals surface area contributed by atoms with Crippen molar-refractivity contribution in [2.45, 2.75) is 33.2 Å². The van der Waals surface area contributed by atoms with Crippen LogP contribution in [0.25, 0.3) is 11.0 Å². The molecule has 0 spiro atoms. The van der Waals surface area contributed by atoms with Crippen LogP contribution in [0.2, 0.25) is 0 Å². The van der Waals surface area contributed by atoms with E-state index in [2.05, 4.69) is 32.6 Å². The number of amides is 2. The van der Waals surface area contributed by atoms with E-state index in [9.17, 15) is 9.59 Å². The van der Waals surface area contributed by atoms with Gasteiger partial charge in [0.05, 0.1) is 24.0 Å². The Labute approximate surface area is 180 Å². The molecule has 1 fully saturated rings. The van der Waals surface area contributed by atoms with Crippen molar-refractivity contribution >= 4 is 34.4 Å². The van der Waals surface area contributed by atoms with Crippen LogP contribution in [0.15, 0.2) is 36.8 Å². The van der Waals surface area contributed by atoms with Crippen LogP contribution >= 0.6 is 0 Å². The van der Waals surface area contributed by atoms with Crippen LogP contribution in [0.1, 0.15) is 25.3 Å². The van der Waals surface area contributed by atoms with Gasteiger partial charge in [-0.3, -0.25) is 9.59 Å². The second kappa shape index (κ2) is 9.11. The predicted octanol–water partition coefficient (Wildman–Crippen LogP) is 2.13. The number of hydrogen-bond acceptors (Lipinski definition) is 6. The van der Waals surface area contributed by atoms with Gasteiger partial charge in [-0.15, -0.1) is 0 Å². The number of rotatable bonds is 8. The van der Waals surface area contributed by atoms with Crippen molar-refractivity contribution in [3.63, 3.8) is 0 Å². The molecule has 1 atom stereocenters. The van der Waals surface area contributed by atoms with Crippen molar-refractivity contribution < 1.29 is 9.59 Å². The SMILES string of the molecule is CCCNc1ncnc2c1cnn2CCNC(=O)C1CC(=O)N(c2ccccc2C)C1. The van der Waals surface area contributed by atoms with Crippen molar-refractivity contribution in [1.82, 2.24) is 25.1 Å². The summed E-state index contributed by atoms with van der Waals surface area (Å²) in [6.45, 7) is 6.19. The zero-order valence-corrected chi connectivity index (χ0v) is 17.8. The molecule has 0 bridgehead atoms. The molecule has 0 radical (unpaired) electrons. The lowest BCUT2D eigenvalue weighted by molar-refractivity contribution is -0.126. The molecule has 1 aromatic carbocycles. The summed E-state index contributed by atoms with van der Waals surface area (Å²) >= 11 is 0. The number of aromatic nitrogens is 4. The first-order chi connectivity index (χ1) is 15.1. The van der Waals surface area contributed by atoms with Gasteiger partial charge >= 0.3 is 0 Å². The molecule has 2 N–H and O–H groups in total. The van der Waals surface area contributed by atoms with Crippen molar-refractivity contribution in [3.05, 3.63) is 42.4 Å². The molecule has 1 aliphatic rings. The Hall–Kier alpha value is -3.49. The summed E-state index contributed by atoms with van der Waals surface area (Å²) in [5.74, 6) is 0.286. The van der Waals surface area contributed by atoms with E-state index in [0.29, 0.717) is 19.6 Å². The van der Waals surface area contributed by atoms with Gasteiger partial charge in [0.15, 0.2) is 5.65 Å². The van der Waals surface area contributed by atoms with Gasteiger partial charge in [-0.05, 0) is 25.0 Å². The van der Waals surface area contributed by atoms with Crippen LogP contribution in [-0.2, 0) is 16.1 Å². The highest BCUT2D eigenvalue weighted by atomic mass is 16.2. The van der Waals surface area contributed by atoms with E-state index in [0.717, 1.165) is 41.1 Å². The van der Waals surface area contributed by atoms with Gasteiger partial charge in [-0.25, -0.2) is 14.6 Å². The fraction of sp³-hybridized carbons (Fsp3) is 0.409. The average molecular weight is 422 g/mol. The summed E-state index contributed by atoms with van der Waals surface area (Å²) in [6, 6.07) is 7.74. The first-order valence-electron chi connectivity index (χ1n) is 10.6. The zero-order chi connectivity index (χ0) is 21.8. The molecule has 2 aromatic heterocycles. The Morgan fingerprint density at radius 1 is 1.23 bits per heavy atom. The Kier molecular flexibility index (Phi) is 6.11. The standard InChI is InChI=1S/C22H27N7O2/c1-3-8-23-20-17-12-27-29(21(17)26-14-25-20)10-9-24-22(31)16-11-19(30)28(13-16)18-7-5-4-6-15(18)2/h4-7,12,14,16H,3,8-11,13H2,1-2H3,(H,24,31)(H,23,25,26). The molecule has 1 unspecified atom stereocenters. The van der Waals surface area contributed by atoms with E-state index in [1.54, 1.807) is 15.8 Å². The lowest BCUT2D eigenvalue weighted by Gasteiger charge is -2.19. The number of aryl methyl sites for hydroxylation is 1. The average Bonchev–Trinajstić information content (AvgIpc) is 3.36. The largest absolute Gasteiger partial charge is 0.369 e. The molecule has 4 rings (SSSR count). The van der Waals surface area contributed by atoms with Crippen LogP contribution in [-0.4, -0.2) is 51.2 Å². The molecular weight excluding hydrogens is 394 g/mol. The van der Waals surface area contributed by atoms with Gasteiger partial charge in [0.1, 0.15) is 12.1 Å². The maximum atomic E-state index is 12.7. The Balaban J connectivity index is 1.35. The molecule has 1 aliphatic heterocycles. The minimum Gasteiger partial charge on any atom is -0.369 e. The first kappa shape index (κ1) is 20.8. The summed E-state index contributed by atoms with van der Waals surface area (Å²) in [5, 5.41) is 11.5. The number of anilines is 2. The van der Waals surface area contributed by atoms with E-state index in [1.165, 1.54) is 6.33 Å². The van der Waals surface area contributed by atoms with Gasteiger partial charge in [-0.2, -0.15) is 5.10 Å². The molecule has 9 heteroatoms. The Morgan fingerprint density at radius 3 is 2.87 bits per heavy atom. The van der Waals surface area contributed by atoms with Crippen molar-refractivity contribution in [2.24, 2.45) is 5.92 Å². The number of carbonyl (C=O) groups is 2. The summed E-state index contributed by atoms with van der Waals surface area (Å²) in [6.07, 6.45) is 4.48. The van der Waals surface area contributed by atoms with Crippen LogP contribution in [0.4, 0.5) is 11.5 Å². The summed E-state index contributed by atoms with van der Waals surface area (Å²) in [4.78, 5) is 35.5. The van der Waals surface area contributed by atoms with E-state index >= 15 is 0 Å². The topological polar surface area (TPSA) is 105 Å². The smallest absolute Gasteiger partial charge is 0.227 e. The molecule has 9 nitrogen and oxygen atoms in total. The molecule has 3 aromatic rings. The Morgan fingerprint density at radius 2 is 2.06 bits per heavy atom. The van der Waals surface area contributed by atoms with Crippen LogP contribution in [0.3, 0.4) is 0 Å². The van der Waals surface area contributed by atoms with Gasteiger partial charge in [0.25, 0.3) is 0 Å². The summed E-state index contributed by atoms with van der Waals surface area (Å²) in [7, 11) is 0. The fourth-order valence-corrected chi connectivity index (χ4v) is 3.85. The highest BCUT2D eigenvalue weighted by Crippen LogP contribution is 2.27. The van der Waals surface area contributed by atoms with Crippen molar-refractivity contribution in [1.29, 1.82) is 0 Å². The minimum absolute atomic E-state index is 0.0173. The molecule has 0 aliphatic carbocycles. The lowest BCUT2D eigenvalue weighted by atomic mass is 10.1. The number of fused-ring (bicyclic) bond motifs is 1. The van der Waals surface area contributed by atoms with Crippen molar-refractivity contribution in [3.8, 4) is 0 Å². The minimum atomic E-state index is -0.353. The van der Waals surface area contributed by atoms with Gasteiger partial charge in [-0.1, -0.05) is 25.1 Å². The maximum absolute atomic E-state index is 12.7. The van der Waals surface area contributed by atoms with E-state index in [4.69, 9.17) is 0 Å². The number of hydrogen-bond donors (Lipinski definition) is 2. The van der Waals surface area contributed by atoms with E-state index in [-0.39, 0.29) is 24.2 Å². The van der Waals surface area contributed by atoms with Crippen LogP contribution < -0.4 is 15.5 Å². The number of nitrogens with zero attached hydrogens (tertiary/aromatic N) is 5. The summed E-state index contributed by atoms with van der Waals surface area (Å²) < 4.78 is 1.76. The molecule has 3 heterocycles. The highest BCUT2D eigenvalue weighted by molar-refractivity contribution is 6.00. The van der Waals surface area contributed by atoms with Crippen LogP contribution in [0, 0.1) is 12.8 Å². The summed E-state index contributed by atoms with van der Waals surface area (Å²) in [5.41, 5.74) is 2.62. The molecule has 0 saturated carbocycles. The van der Waals surface area contributed by atoms with E-state index < -0.39 is 0 Å². The number of nitrogens with one attached hydrogen (secondary N) is 2. The maximum Gasteiger partial charge on any atom is 0.227 e. The predicted molar refractivity (Wildman–Crippen MR) is 119 cm³/mol. The normalized spacial score (nSPS) is 16.1. The van der Waals surface area contributed by atoms with Gasteiger partial charge in [0.2, 0.25) is 11.8 Å². The third-order valence-corrected chi connectivity index (χ3v) is 5.50. The number of benzene rings is 1. The molecule has 31 heavy (non-hydrogen) atoms. The molecule has 2 amide bonds. The molecule has 162 valence electrons. The third-order valence-electron chi connectivity index (χ3n) is 5.50. The zero-order valence-electron chi connectivity index (χ0n) is 17.8. The molecular formula is C22H27N7O2. The first-order valence-corrected chi connectivity index (χ1v) is 10.6. The second-order valence-electron chi connectivity index (χ2n) is 7.74. The highest BCUT2D eigenvalue weighted by Gasteiger charge is 2.35. The Bertz CT molecular complexity index is 1090. The fourth-order valence-electron chi connectivity index (χ4n) is 3.85. The van der Waals surface area contributed by atoms with Crippen LogP contribution in [0.5, 0.6) is 0 Å². The second-order valence-corrected chi connectivity index (χ2v) is 7.74. The lowest BCUT2D eigenvalue weighted by Crippen LogP contribution is -2.35. The quantitative estimate of drug-likeness (QED) is 0.577. The van der Waals surface area contributed by atoms with Gasteiger partial charge in [0, 0.05) is 31.7 Å². The number of carbonyl (C=O) groups excluding carboxylic acids is 2. The van der Waals surface area contributed by atoms with Crippen molar-refractivity contribution in [2.75, 3.05) is 29.9 Å². The molecule has 1 saturated heterocycles. The third kappa shape index (κ3) is 4.35. The van der Waals surface area contributed by atoms with Gasteiger partial charge < -0.3 is 15.5 Å². The number of para-hydroxylation sites is 1.